The molecule has 0 radical (unpaired) electrons. The van der Waals surface area contributed by atoms with E-state index in [-0.39, 0.29) is 0 Å². The van der Waals surface area contributed by atoms with Crippen molar-refractivity contribution in [2.45, 2.75) is 39.3 Å². The molecule has 1 aliphatic rings. The summed E-state index contributed by atoms with van der Waals surface area (Å²) in [6, 6.07) is 11.2. The molecule has 2 heterocycles. The average Bonchev–Trinajstić information content (AvgIpc) is 2.55. The Kier molecular flexibility index (Phi) is 4.68. The first-order valence-corrected chi connectivity index (χ1v) is 8.04. The molecular weight excluding hydrogens is 272 g/mol. The quantitative estimate of drug-likeness (QED) is 0.942. The van der Waals surface area contributed by atoms with E-state index in [4.69, 9.17) is 0 Å². The van der Waals surface area contributed by atoms with Crippen LogP contribution in [0.2, 0.25) is 0 Å². The highest BCUT2D eigenvalue weighted by molar-refractivity contribution is 5.37. The van der Waals surface area contributed by atoms with Crippen molar-refractivity contribution in [2.75, 3.05) is 18.0 Å². The summed E-state index contributed by atoms with van der Waals surface area (Å²) in [5.41, 5.74) is 4.09. The molecule has 1 N–H and O–H groups in total. The predicted molar refractivity (Wildman–Crippen MR) is 90.0 cm³/mol. The number of anilines is 1. The van der Waals surface area contributed by atoms with E-state index in [1.165, 1.54) is 29.5 Å². The van der Waals surface area contributed by atoms with Gasteiger partial charge in [-0.1, -0.05) is 23.8 Å². The third-order valence-corrected chi connectivity index (χ3v) is 4.38. The van der Waals surface area contributed by atoms with Gasteiger partial charge in [0.15, 0.2) is 5.82 Å². The van der Waals surface area contributed by atoms with Gasteiger partial charge in [0.1, 0.15) is 0 Å². The molecule has 0 bridgehead atoms. The Morgan fingerprint density at radius 1 is 1.27 bits per heavy atom. The van der Waals surface area contributed by atoms with Gasteiger partial charge in [-0.3, -0.25) is 0 Å². The molecule has 1 fully saturated rings. The van der Waals surface area contributed by atoms with E-state index in [0.717, 1.165) is 25.5 Å². The Labute approximate surface area is 132 Å². The molecule has 0 aliphatic carbocycles. The van der Waals surface area contributed by atoms with Gasteiger partial charge in [0, 0.05) is 31.9 Å². The highest BCUT2D eigenvalue weighted by Crippen LogP contribution is 2.17. The Hall–Kier alpha value is -1.94. The summed E-state index contributed by atoms with van der Waals surface area (Å²) >= 11 is 0. The number of nitrogens with one attached hydrogen (secondary N) is 1. The number of aromatic nitrogens is 2. The highest BCUT2D eigenvalue weighted by atomic mass is 15.3. The second-order valence-corrected chi connectivity index (χ2v) is 6.18. The van der Waals surface area contributed by atoms with Crippen molar-refractivity contribution in [3.63, 3.8) is 0 Å². The molecule has 0 saturated carbocycles. The minimum absolute atomic E-state index is 0.511. The summed E-state index contributed by atoms with van der Waals surface area (Å²) in [6.45, 7) is 7.34. The molecule has 1 saturated heterocycles. The van der Waals surface area contributed by atoms with Crippen LogP contribution in [0.15, 0.2) is 36.5 Å². The topological polar surface area (TPSA) is 41.0 Å². The third kappa shape index (κ3) is 3.63. The van der Waals surface area contributed by atoms with E-state index < -0.39 is 0 Å². The number of benzene rings is 1. The van der Waals surface area contributed by atoms with Gasteiger partial charge >= 0.3 is 0 Å². The van der Waals surface area contributed by atoms with Crippen LogP contribution in [0.1, 0.15) is 29.5 Å². The highest BCUT2D eigenvalue weighted by Gasteiger charge is 2.20. The van der Waals surface area contributed by atoms with E-state index in [0.29, 0.717) is 6.04 Å². The molecule has 1 aliphatic heterocycles. The second-order valence-electron chi connectivity index (χ2n) is 6.18. The lowest BCUT2D eigenvalue weighted by molar-refractivity contribution is 0.419. The predicted octanol–water partition coefficient (Wildman–Crippen LogP) is 2.85. The molecular formula is C18H24N4. The van der Waals surface area contributed by atoms with Crippen molar-refractivity contribution in [1.29, 1.82) is 0 Å². The van der Waals surface area contributed by atoms with Gasteiger partial charge in [-0.05, 0) is 49.9 Å². The van der Waals surface area contributed by atoms with Gasteiger partial charge in [-0.25, -0.2) is 0 Å². The molecule has 116 valence electrons. The summed E-state index contributed by atoms with van der Waals surface area (Å²) in [6.07, 6.45) is 4.14. The van der Waals surface area contributed by atoms with Gasteiger partial charge in [0.2, 0.25) is 0 Å². The molecule has 4 nitrogen and oxygen atoms in total. The Morgan fingerprint density at radius 2 is 2.18 bits per heavy atom. The van der Waals surface area contributed by atoms with Gasteiger partial charge in [0.05, 0.1) is 0 Å². The maximum Gasteiger partial charge on any atom is 0.151 e. The van der Waals surface area contributed by atoms with Gasteiger partial charge < -0.3 is 10.2 Å². The lowest BCUT2D eigenvalue weighted by atomic mass is 10.0. The first-order chi connectivity index (χ1) is 10.7. The number of aryl methyl sites for hydroxylation is 2. The van der Waals surface area contributed by atoms with Crippen LogP contribution in [0.25, 0.3) is 0 Å². The fraction of sp³-hybridized carbons (Fsp3) is 0.444. The van der Waals surface area contributed by atoms with Crippen LogP contribution >= 0.6 is 0 Å². The van der Waals surface area contributed by atoms with Crippen LogP contribution in [-0.4, -0.2) is 29.3 Å². The minimum atomic E-state index is 0.511. The average molecular weight is 296 g/mol. The van der Waals surface area contributed by atoms with E-state index in [2.05, 4.69) is 52.5 Å². The molecule has 1 aromatic heterocycles. The third-order valence-electron chi connectivity index (χ3n) is 4.38. The van der Waals surface area contributed by atoms with Crippen LogP contribution in [0.4, 0.5) is 5.82 Å². The van der Waals surface area contributed by atoms with Crippen molar-refractivity contribution < 1.29 is 0 Å². The monoisotopic (exact) mass is 296 g/mol. The van der Waals surface area contributed by atoms with Crippen LogP contribution in [-0.2, 0) is 6.54 Å². The first kappa shape index (κ1) is 15.0. The molecule has 4 heteroatoms. The van der Waals surface area contributed by atoms with Crippen molar-refractivity contribution in [1.82, 2.24) is 15.5 Å². The van der Waals surface area contributed by atoms with Crippen molar-refractivity contribution in [3.05, 3.63) is 53.2 Å². The van der Waals surface area contributed by atoms with Crippen LogP contribution in [0, 0.1) is 13.8 Å². The smallest absolute Gasteiger partial charge is 0.151 e. The standard InChI is InChI=1S/C18H24N4/c1-14-7-8-16(15(2)11-14)12-19-17-5-4-10-22(13-17)18-6-3-9-20-21-18/h3,6-9,11,17,19H,4-5,10,12-13H2,1-2H3. The number of nitrogens with zero attached hydrogens (tertiary/aromatic N) is 3. The van der Waals surface area contributed by atoms with E-state index >= 15 is 0 Å². The van der Waals surface area contributed by atoms with Crippen molar-refractivity contribution in [2.24, 2.45) is 0 Å². The largest absolute Gasteiger partial charge is 0.354 e. The minimum Gasteiger partial charge on any atom is -0.354 e. The van der Waals surface area contributed by atoms with Gasteiger partial charge in [-0.15, -0.1) is 5.10 Å². The van der Waals surface area contributed by atoms with E-state index in [1.54, 1.807) is 6.20 Å². The molecule has 3 rings (SSSR count). The fourth-order valence-electron chi connectivity index (χ4n) is 3.11. The molecule has 0 spiro atoms. The maximum atomic E-state index is 4.23. The number of hydrogen-bond acceptors (Lipinski definition) is 4. The molecule has 1 unspecified atom stereocenters. The van der Waals surface area contributed by atoms with Crippen LogP contribution < -0.4 is 10.2 Å². The summed E-state index contributed by atoms with van der Waals surface area (Å²) < 4.78 is 0. The van der Waals surface area contributed by atoms with E-state index in [9.17, 15) is 0 Å². The first-order valence-electron chi connectivity index (χ1n) is 8.04. The maximum absolute atomic E-state index is 4.23. The lowest BCUT2D eigenvalue weighted by Crippen LogP contribution is -2.45. The fourth-order valence-corrected chi connectivity index (χ4v) is 3.11. The summed E-state index contributed by atoms with van der Waals surface area (Å²) in [7, 11) is 0. The lowest BCUT2D eigenvalue weighted by Gasteiger charge is -2.33. The Morgan fingerprint density at radius 3 is 2.95 bits per heavy atom. The summed E-state index contributed by atoms with van der Waals surface area (Å²) in [4.78, 5) is 2.33. The Bertz CT molecular complexity index is 612. The summed E-state index contributed by atoms with van der Waals surface area (Å²) in [5.74, 6) is 0.987. The molecule has 0 amide bonds. The molecule has 1 atom stereocenters. The van der Waals surface area contributed by atoms with E-state index in [1.807, 2.05) is 12.1 Å². The zero-order chi connectivity index (χ0) is 15.4. The molecule has 1 aromatic carbocycles. The molecule has 22 heavy (non-hydrogen) atoms. The van der Waals surface area contributed by atoms with Gasteiger partial charge in [-0.2, -0.15) is 5.10 Å². The summed E-state index contributed by atoms with van der Waals surface area (Å²) in [5, 5.41) is 11.9. The SMILES string of the molecule is Cc1ccc(CNC2CCCN(c3cccnn3)C2)c(C)c1. The van der Waals surface area contributed by atoms with Gasteiger partial charge in [0.25, 0.3) is 0 Å². The molecule has 2 aromatic rings. The number of rotatable bonds is 4. The zero-order valence-corrected chi connectivity index (χ0v) is 13.4. The van der Waals surface area contributed by atoms with Crippen LogP contribution in [0.5, 0.6) is 0 Å². The zero-order valence-electron chi connectivity index (χ0n) is 13.4. The number of hydrogen-bond donors (Lipinski definition) is 1. The second kappa shape index (κ2) is 6.88. The van der Waals surface area contributed by atoms with Crippen molar-refractivity contribution in [3.8, 4) is 0 Å². The Balaban J connectivity index is 1.59. The van der Waals surface area contributed by atoms with Crippen LogP contribution in [0.3, 0.4) is 0 Å². The normalized spacial score (nSPS) is 18.5. The van der Waals surface area contributed by atoms with Crippen molar-refractivity contribution >= 4 is 5.82 Å². The number of piperidine rings is 1.